The largest absolute Gasteiger partial charge is 0.479 e. The molecule has 1 atom stereocenters. The molecule has 0 N–H and O–H groups in total. The minimum atomic E-state index is -0.757. The lowest BCUT2D eigenvalue weighted by Crippen LogP contribution is -2.33. The lowest BCUT2D eigenvalue weighted by atomic mass is 10.2. The number of hydrogen-bond acceptors (Lipinski definition) is 6. The van der Waals surface area contributed by atoms with Crippen molar-refractivity contribution >= 4 is 28.9 Å². The van der Waals surface area contributed by atoms with E-state index in [2.05, 4.69) is 5.10 Å². The van der Waals surface area contributed by atoms with Gasteiger partial charge in [-0.15, -0.1) is 0 Å². The predicted molar refractivity (Wildman–Crippen MR) is 126 cm³/mol. The summed E-state index contributed by atoms with van der Waals surface area (Å²) in [5, 5.41) is 5.52. The zero-order valence-electron chi connectivity index (χ0n) is 20.2. The molecule has 3 aromatic rings. The van der Waals surface area contributed by atoms with Crippen LogP contribution in [-0.2, 0) is 26.1 Å². The monoisotopic (exact) mass is 453 g/mol. The molecule has 0 amide bonds. The smallest absolute Gasteiger partial charge is 0.347 e. The maximum atomic E-state index is 12.3. The number of fused-ring (bicyclic) bond motifs is 1. The van der Waals surface area contributed by atoms with Crippen LogP contribution in [0.5, 0.6) is 5.75 Å². The third-order valence-electron chi connectivity index (χ3n) is 4.85. The summed E-state index contributed by atoms with van der Waals surface area (Å²) in [6.45, 7) is 11.1. The first-order chi connectivity index (χ1) is 15.5. The number of carbonyl (C=O) groups is 2. The summed E-state index contributed by atoms with van der Waals surface area (Å²) in [6, 6.07) is 7.61. The van der Waals surface area contributed by atoms with Gasteiger partial charge >= 0.3 is 11.9 Å². The van der Waals surface area contributed by atoms with Gasteiger partial charge < -0.3 is 18.8 Å². The van der Waals surface area contributed by atoms with E-state index in [1.165, 1.54) is 6.08 Å². The first kappa shape index (κ1) is 24.1. The first-order valence-corrected chi connectivity index (χ1v) is 10.9. The van der Waals surface area contributed by atoms with Crippen molar-refractivity contribution < 1.29 is 23.8 Å². The molecule has 2 aromatic heterocycles. The van der Waals surface area contributed by atoms with Gasteiger partial charge in [-0.3, -0.25) is 4.68 Å². The van der Waals surface area contributed by atoms with Gasteiger partial charge in [-0.1, -0.05) is 0 Å². The standard InChI is InChI=1S/C25H31N3O5/c1-8-31-22(29)12-11-20-16(2)26-27(7)23(20)28-14-13-18-9-10-19(15-21(18)28)32-17(3)24(30)33-25(4,5)6/h9-15,17H,8H2,1-7H3. The zero-order valence-corrected chi connectivity index (χ0v) is 20.2. The average molecular weight is 454 g/mol. The van der Waals surface area contributed by atoms with Crippen molar-refractivity contribution in [1.82, 2.24) is 14.3 Å². The highest BCUT2D eigenvalue weighted by molar-refractivity contribution is 5.89. The van der Waals surface area contributed by atoms with E-state index in [4.69, 9.17) is 14.2 Å². The van der Waals surface area contributed by atoms with Crippen LogP contribution in [0.1, 0.15) is 45.9 Å². The molecule has 0 aliphatic rings. The van der Waals surface area contributed by atoms with E-state index in [1.807, 2.05) is 69.8 Å². The van der Waals surface area contributed by atoms with Crippen LogP contribution in [0.3, 0.4) is 0 Å². The van der Waals surface area contributed by atoms with Gasteiger partial charge in [-0.2, -0.15) is 5.10 Å². The highest BCUT2D eigenvalue weighted by atomic mass is 16.6. The number of ether oxygens (including phenoxy) is 3. The summed E-state index contributed by atoms with van der Waals surface area (Å²) in [7, 11) is 1.85. The fraction of sp³-hybridized carbons (Fsp3) is 0.400. The van der Waals surface area contributed by atoms with Crippen LogP contribution in [0, 0.1) is 6.92 Å². The zero-order chi connectivity index (χ0) is 24.3. The number of aromatic nitrogens is 3. The second-order valence-corrected chi connectivity index (χ2v) is 8.73. The Labute approximate surface area is 193 Å². The molecular weight excluding hydrogens is 422 g/mol. The molecule has 0 spiro atoms. The van der Waals surface area contributed by atoms with Gasteiger partial charge in [0.2, 0.25) is 0 Å². The Morgan fingerprint density at radius 2 is 1.94 bits per heavy atom. The predicted octanol–water partition coefficient (Wildman–Crippen LogP) is 4.36. The Hall–Kier alpha value is -3.55. The van der Waals surface area contributed by atoms with E-state index < -0.39 is 23.6 Å². The molecule has 8 heteroatoms. The molecule has 0 saturated heterocycles. The highest BCUT2D eigenvalue weighted by Crippen LogP contribution is 2.28. The summed E-state index contributed by atoms with van der Waals surface area (Å²) in [4.78, 5) is 24.2. The fourth-order valence-corrected chi connectivity index (χ4v) is 3.49. The van der Waals surface area contributed by atoms with E-state index in [-0.39, 0.29) is 0 Å². The lowest BCUT2D eigenvalue weighted by Gasteiger charge is -2.22. The molecule has 1 unspecified atom stereocenters. The Bertz CT molecular complexity index is 1200. The van der Waals surface area contributed by atoms with Crippen molar-refractivity contribution in [1.29, 1.82) is 0 Å². The van der Waals surface area contributed by atoms with Crippen molar-refractivity contribution in [3.05, 3.63) is 47.8 Å². The van der Waals surface area contributed by atoms with Crippen molar-refractivity contribution in [3.63, 3.8) is 0 Å². The number of aryl methyl sites for hydroxylation is 2. The minimum absolute atomic E-state index is 0.314. The Morgan fingerprint density at radius 1 is 1.21 bits per heavy atom. The van der Waals surface area contributed by atoms with Gasteiger partial charge in [0, 0.05) is 36.3 Å². The topological polar surface area (TPSA) is 84.6 Å². The summed E-state index contributed by atoms with van der Waals surface area (Å²) in [6.07, 6.45) is 4.29. The van der Waals surface area contributed by atoms with Crippen molar-refractivity contribution in [2.24, 2.45) is 7.05 Å². The third-order valence-corrected chi connectivity index (χ3v) is 4.85. The summed E-state index contributed by atoms with van der Waals surface area (Å²) >= 11 is 0. The maximum absolute atomic E-state index is 12.3. The SMILES string of the molecule is CCOC(=O)C=Cc1c(C)nn(C)c1-n1ccc2ccc(OC(C)C(=O)OC(C)(C)C)cc21. The molecule has 33 heavy (non-hydrogen) atoms. The average Bonchev–Trinajstić information content (AvgIpc) is 3.24. The summed E-state index contributed by atoms with van der Waals surface area (Å²) in [5.74, 6) is 0.506. The first-order valence-electron chi connectivity index (χ1n) is 10.9. The second kappa shape index (κ2) is 9.52. The Balaban J connectivity index is 1.96. The van der Waals surface area contributed by atoms with Crippen LogP contribution in [0.4, 0.5) is 0 Å². The van der Waals surface area contributed by atoms with Gasteiger partial charge in [0.15, 0.2) is 6.10 Å². The maximum Gasteiger partial charge on any atom is 0.347 e. The van der Waals surface area contributed by atoms with E-state index >= 15 is 0 Å². The van der Waals surface area contributed by atoms with Gasteiger partial charge in [0.1, 0.15) is 17.2 Å². The van der Waals surface area contributed by atoms with Crippen molar-refractivity contribution in [3.8, 4) is 11.6 Å². The second-order valence-electron chi connectivity index (χ2n) is 8.73. The highest BCUT2D eigenvalue weighted by Gasteiger charge is 2.23. The van der Waals surface area contributed by atoms with Gasteiger partial charge in [0.05, 0.1) is 17.8 Å². The number of esters is 2. The van der Waals surface area contributed by atoms with Crippen LogP contribution >= 0.6 is 0 Å². The molecule has 1 aromatic carbocycles. The molecule has 8 nitrogen and oxygen atoms in total. The van der Waals surface area contributed by atoms with Crippen molar-refractivity contribution in [2.45, 2.75) is 53.2 Å². The Morgan fingerprint density at radius 3 is 2.61 bits per heavy atom. The van der Waals surface area contributed by atoms with E-state index in [1.54, 1.807) is 24.6 Å². The van der Waals surface area contributed by atoms with Gasteiger partial charge in [0.25, 0.3) is 0 Å². The fourth-order valence-electron chi connectivity index (χ4n) is 3.49. The molecule has 3 rings (SSSR count). The van der Waals surface area contributed by atoms with Crippen LogP contribution in [0.25, 0.3) is 22.8 Å². The van der Waals surface area contributed by atoms with E-state index in [0.717, 1.165) is 28.0 Å². The summed E-state index contributed by atoms with van der Waals surface area (Å²) in [5.41, 5.74) is 1.87. The lowest BCUT2D eigenvalue weighted by molar-refractivity contribution is -0.162. The van der Waals surface area contributed by atoms with Crippen LogP contribution in [0.15, 0.2) is 36.5 Å². The normalized spacial score (nSPS) is 12.8. The summed E-state index contributed by atoms with van der Waals surface area (Å²) < 4.78 is 20.0. The number of benzene rings is 1. The molecule has 0 saturated carbocycles. The third kappa shape index (κ3) is 5.63. The number of hydrogen-bond donors (Lipinski definition) is 0. The molecule has 0 bridgehead atoms. The van der Waals surface area contributed by atoms with Gasteiger partial charge in [-0.25, -0.2) is 9.59 Å². The van der Waals surface area contributed by atoms with E-state index in [0.29, 0.717) is 12.4 Å². The minimum Gasteiger partial charge on any atom is -0.479 e. The molecule has 176 valence electrons. The molecule has 2 heterocycles. The van der Waals surface area contributed by atoms with E-state index in [9.17, 15) is 9.59 Å². The Kier molecular flexibility index (Phi) is 6.95. The molecule has 0 aliphatic carbocycles. The number of nitrogens with zero attached hydrogens (tertiary/aromatic N) is 3. The van der Waals surface area contributed by atoms with Crippen LogP contribution in [-0.4, -0.2) is 44.6 Å². The molecule has 0 aliphatic heterocycles. The van der Waals surface area contributed by atoms with Crippen LogP contribution in [0.2, 0.25) is 0 Å². The van der Waals surface area contributed by atoms with Crippen LogP contribution < -0.4 is 4.74 Å². The number of rotatable bonds is 7. The quantitative estimate of drug-likeness (QED) is 0.390. The number of carbonyl (C=O) groups excluding carboxylic acids is 2. The molecular formula is C25H31N3O5. The van der Waals surface area contributed by atoms with Crippen molar-refractivity contribution in [2.75, 3.05) is 6.61 Å². The molecule has 0 fully saturated rings. The van der Waals surface area contributed by atoms with Gasteiger partial charge in [-0.05, 0) is 65.8 Å². The molecule has 0 radical (unpaired) electrons.